The maximum absolute atomic E-state index is 12.1. The van der Waals surface area contributed by atoms with E-state index in [9.17, 15) is 4.79 Å². The Labute approximate surface area is 154 Å². The number of aromatic nitrogens is 4. The predicted octanol–water partition coefficient (Wildman–Crippen LogP) is 2.38. The lowest BCUT2D eigenvalue weighted by molar-refractivity contribution is -0.123. The van der Waals surface area contributed by atoms with Crippen LogP contribution in [0.25, 0.3) is 22.4 Å². The van der Waals surface area contributed by atoms with E-state index in [1.807, 2.05) is 48.5 Å². The highest BCUT2D eigenvalue weighted by Crippen LogP contribution is 2.32. The molecule has 0 unspecified atom stereocenters. The normalized spacial score (nSPS) is 10.7. The molecule has 1 aromatic carbocycles. The minimum atomic E-state index is -0.287. The van der Waals surface area contributed by atoms with Crippen molar-refractivity contribution in [2.75, 3.05) is 6.61 Å². The average molecular weight is 361 g/mol. The first-order valence-corrected chi connectivity index (χ1v) is 8.26. The highest BCUT2D eigenvalue weighted by atomic mass is 16.5. The van der Waals surface area contributed by atoms with E-state index in [1.54, 1.807) is 6.20 Å². The van der Waals surface area contributed by atoms with E-state index in [4.69, 9.17) is 9.26 Å². The van der Waals surface area contributed by atoms with Crippen molar-refractivity contribution >= 4 is 17.0 Å². The number of carbonyl (C=O) groups excluding carboxylic acids is 1. The van der Waals surface area contributed by atoms with Crippen molar-refractivity contribution in [3.8, 4) is 17.1 Å². The Morgan fingerprint density at radius 1 is 1.04 bits per heavy atom. The van der Waals surface area contributed by atoms with E-state index < -0.39 is 0 Å². The molecule has 8 heteroatoms. The summed E-state index contributed by atoms with van der Waals surface area (Å²) in [6, 6.07) is 15.0. The fourth-order valence-corrected chi connectivity index (χ4v) is 2.54. The lowest BCUT2D eigenvalue weighted by atomic mass is 10.1. The summed E-state index contributed by atoms with van der Waals surface area (Å²) in [6.07, 6.45) is 2.98. The quantitative estimate of drug-likeness (QED) is 0.562. The fraction of sp³-hybridized carbons (Fsp3) is 0.105. The van der Waals surface area contributed by atoms with Crippen molar-refractivity contribution in [2.45, 2.75) is 6.54 Å². The van der Waals surface area contributed by atoms with Crippen molar-refractivity contribution in [1.82, 2.24) is 25.4 Å². The van der Waals surface area contributed by atoms with Gasteiger partial charge in [-0.25, -0.2) is 4.98 Å². The second-order valence-corrected chi connectivity index (χ2v) is 5.64. The predicted molar refractivity (Wildman–Crippen MR) is 96.6 cm³/mol. The van der Waals surface area contributed by atoms with Gasteiger partial charge in [-0.2, -0.15) is 4.98 Å². The number of ether oxygens (including phenoxy) is 1. The fourth-order valence-electron chi connectivity index (χ4n) is 2.54. The van der Waals surface area contributed by atoms with Crippen LogP contribution < -0.4 is 10.1 Å². The molecule has 0 saturated heterocycles. The number of hydrogen-bond donors (Lipinski definition) is 1. The highest BCUT2D eigenvalue weighted by molar-refractivity contribution is 5.93. The summed E-state index contributed by atoms with van der Waals surface area (Å²) < 4.78 is 10.9. The maximum Gasteiger partial charge on any atom is 0.265 e. The molecule has 0 atom stereocenters. The molecule has 0 aliphatic heterocycles. The molecule has 0 aliphatic carbocycles. The molecule has 3 aromatic heterocycles. The molecule has 0 saturated carbocycles. The van der Waals surface area contributed by atoms with Gasteiger partial charge in [0.2, 0.25) is 5.88 Å². The van der Waals surface area contributed by atoms with Gasteiger partial charge in [0.15, 0.2) is 6.61 Å². The van der Waals surface area contributed by atoms with Gasteiger partial charge in [0.25, 0.3) is 11.6 Å². The number of benzene rings is 1. The van der Waals surface area contributed by atoms with Gasteiger partial charge in [-0.05, 0) is 12.1 Å². The van der Waals surface area contributed by atoms with Gasteiger partial charge in [0.1, 0.15) is 17.4 Å². The molecule has 134 valence electrons. The molecule has 3 heterocycles. The standard InChI is InChI=1S/C19H15N5O3/c25-15(21-10-14-8-4-5-9-20-14)11-26-18-16-17(13-6-2-1-3-7-13)24-27-19(16)23-12-22-18/h1-9,12H,10-11H2,(H,21,25). The number of fused-ring (bicyclic) bond motifs is 1. The van der Waals surface area contributed by atoms with Crippen molar-refractivity contribution in [3.63, 3.8) is 0 Å². The number of hydrogen-bond acceptors (Lipinski definition) is 7. The summed E-state index contributed by atoms with van der Waals surface area (Å²) in [5.74, 6) is -0.0433. The van der Waals surface area contributed by atoms with Crippen LogP contribution in [-0.4, -0.2) is 32.6 Å². The lowest BCUT2D eigenvalue weighted by Gasteiger charge is -2.07. The van der Waals surface area contributed by atoms with Crippen LogP contribution in [0.4, 0.5) is 0 Å². The van der Waals surface area contributed by atoms with Gasteiger partial charge in [-0.3, -0.25) is 9.78 Å². The van der Waals surface area contributed by atoms with Crippen LogP contribution in [-0.2, 0) is 11.3 Å². The molecular formula is C19H15N5O3. The van der Waals surface area contributed by atoms with Crippen LogP contribution in [0.3, 0.4) is 0 Å². The Bertz CT molecular complexity index is 1050. The molecular weight excluding hydrogens is 346 g/mol. The molecule has 0 aliphatic rings. The van der Waals surface area contributed by atoms with Crippen molar-refractivity contribution in [3.05, 3.63) is 66.7 Å². The van der Waals surface area contributed by atoms with Crippen LogP contribution in [0.1, 0.15) is 5.69 Å². The van der Waals surface area contributed by atoms with Crippen LogP contribution in [0, 0.1) is 0 Å². The van der Waals surface area contributed by atoms with E-state index >= 15 is 0 Å². The van der Waals surface area contributed by atoms with Gasteiger partial charge < -0.3 is 14.6 Å². The molecule has 1 N–H and O–H groups in total. The number of nitrogens with zero attached hydrogens (tertiary/aromatic N) is 4. The van der Waals surface area contributed by atoms with Crippen LogP contribution in [0.5, 0.6) is 5.88 Å². The summed E-state index contributed by atoms with van der Waals surface area (Å²) >= 11 is 0. The second-order valence-electron chi connectivity index (χ2n) is 5.64. The molecule has 0 fully saturated rings. The molecule has 4 aromatic rings. The van der Waals surface area contributed by atoms with Gasteiger partial charge in [0, 0.05) is 11.8 Å². The number of pyridine rings is 1. The first-order valence-electron chi connectivity index (χ1n) is 8.26. The lowest BCUT2D eigenvalue weighted by Crippen LogP contribution is -2.28. The summed E-state index contributed by atoms with van der Waals surface area (Å²) in [5, 5.41) is 7.34. The average Bonchev–Trinajstić information content (AvgIpc) is 3.17. The Morgan fingerprint density at radius 2 is 1.89 bits per heavy atom. The third-order valence-electron chi connectivity index (χ3n) is 3.82. The topological polar surface area (TPSA) is 103 Å². The first kappa shape index (κ1) is 16.6. The van der Waals surface area contributed by atoms with Crippen LogP contribution in [0.2, 0.25) is 0 Å². The Kier molecular flexibility index (Phi) is 4.69. The molecule has 0 bridgehead atoms. The van der Waals surface area contributed by atoms with Crippen LogP contribution >= 0.6 is 0 Å². The maximum atomic E-state index is 12.1. The van der Waals surface area contributed by atoms with E-state index in [1.165, 1.54) is 6.33 Å². The van der Waals surface area contributed by atoms with Gasteiger partial charge >= 0.3 is 0 Å². The second kappa shape index (κ2) is 7.61. The minimum Gasteiger partial charge on any atom is -0.467 e. The number of amides is 1. The summed E-state index contributed by atoms with van der Waals surface area (Å²) in [4.78, 5) is 24.4. The molecule has 8 nitrogen and oxygen atoms in total. The largest absolute Gasteiger partial charge is 0.467 e. The van der Waals surface area contributed by atoms with E-state index in [0.717, 1.165) is 11.3 Å². The van der Waals surface area contributed by atoms with Gasteiger partial charge in [0.05, 0.1) is 12.2 Å². The monoisotopic (exact) mass is 361 g/mol. The third-order valence-corrected chi connectivity index (χ3v) is 3.82. The van der Waals surface area contributed by atoms with Gasteiger partial charge in [-0.1, -0.05) is 41.6 Å². The molecule has 0 spiro atoms. The first-order chi connectivity index (χ1) is 13.3. The van der Waals surface area contributed by atoms with E-state index in [2.05, 4.69) is 25.4 Å². The Balaban J connectivity index is 1.49. The zero-order valence-electron chi connectivity index (χ0n) is 14.2. The summed E-state index contributed by atoms with van der Waals surface area (Å²) in [5.41, 5.74) is 2.47. The summed E-state index contributed by atoms with van der Waals surface area (Å²) in [6.45, 7) is 0.128. The van der Waals surface area contributed by atoms with E-state index in [0.29, 0.717) is 23.3 Å². The zero-order chi connectivity index (χ0) is 18.5. The molecule has 0 radical (unpaired) electrons. The molecule has 27 heavy (non-hydrogen) atoms. The smallest absolute Gasteiger partial charge is 0.265 e. The van der Waals surface area contributed by atoms with Crippen molar-refractivity contribution in [2.24, 2.45) is 0 Å². The zero-order valence-corrected chi connectivity index (χ0v) is 14.2. The summed E-state index contributed by atoms with van der Waals surface area (Å²) in [7, 11) is 0. The Hall–Kier alpha value is -3.81. The third kappa shape index (κ3) is 3.74. The highest BCUT2D eigenvalue weighted by Gasteiger charge is 2.18. The minimum absolute atomic E-state index is 0.196. The van der Waals surface area contributed by atoms with E-state index in [-0.39, 0.29) is 18.4 Å². The molecule has 4 rings (SSSR count). The Morgan fingerprint density at radius 3 is 2.70 bits per heavy atom. The number of nitrogens with one attached hydrogen (secondary N) is 1. The van der Waals surface area contributed by atoms with Crippen molar-refractivity contribution in [1.29, 1.82) is 0 Å². The molecule has 1 amide bonds. The number of carbonyl (C=O) groups is 1. The number of rotatable bonds is 6. The SMILES string of the molecule is O=C(COc1ncnc2onc(-c3ccccc3)c12)NCc1ccccn1. The van der Waals surface area contributed by atoms with Gasteiger partial charge in [-0.15, -0.1) is 0 Å². The van der Waals surface area contributed by atoms with Crippen molar-refractivity contribution < 1.29 is 14.1 Å². The van der Waals surface area contributed by atoms with Crippen LogP contribution in [0.15, 0.2) is 65.6 Å².